The minimum atomic E-state index is -0.345. The molecule has 0 N–H and O–H groups in total. The standard InChI is InChI=1S/C25H20FN3OS2/c1-3-28-20-9-4-5-10-21(20)31-24(28)22-23(30)29(19-13-11-17(26)12-14-19)25(32-22)27-18-8-6-7-16(2)15-18/h4-15H,3H2,1-2H3. The number of benzene rings is 3. The number of halogens is 1. The van der Waals surface area contributed by atoms with E-state index in [0.717, 1.165) is 33.4 Å². The first-order valence-corrected chi connectivity index (χ1v) is 11.9. The second-order valence-electron chi connectivity index (χ2n) is 7.40. The summed E-state index contributed by atoms with van der Waals surface area (Å²) in [7, 11) is 0. The summed E-state index contributed by atoms with van der Waals surface area (Å²) >= 11 is 2.97. The van der Waals surface area contributed by atoms with Gasteiger partial charge in [0.15, 0.2) is 5.17 Å². The van der Waals surface area contributed by atoms with Gasteiger partial charge in [0.2, 0.25) is 0 Å². The average molecular weight is 462 g/mol. The van der Waals surface area contributed by atoms with E-state index < -0.39 is 0 Å². The Hall–Kier alpha value is -3.03. The lowest BCUT2D eigenvalue weighted by Crippen LogP contribution is -2.29. The minimum absolute atomic E-state index is 0.151. The van der Waals surface area contributed by atoms with Crippen molar-refractivity contribution in [2.24, 2.45) is 4.99 Å². The topological polar surface area (TPSA) is 35.9 Å². The number of hydrogen-bond acceptors (Lipinski definition) is 5. The number of carbonyl (C=O) groups excluding carboxylic acids is 1. The Morgan fingerprint density at radius 1 is 0.969 bits per heavy atom. The Morgan fingerprint density at radius 3 is 2.50 bits per heavy atom. The molecule has 2 heterocycles. The lowest BCUT2D eigenvalue weighted by atomic mass is 10.2. The highest BCUT2D eigenvalue weighted by Crippen LogP contribution is 2.51. The molecule has 0 saturated carbocycles. The summed E-state index contributed by atoms with van der Waals surface area (Å²) in [6, 6.07) is 21.9. The molecule has 32 heavy (non-hydrogen) atoms. The second kappa shape index (κ2) is 8.48. The summed E-state index contributed by atoms with van der Waals surface area (Å²) in [5.41, 5.74) is 3.56. The van der Waals surface area contributed by atoms with Gasteiger partial charge < -0.3 is 4.90 Å². The van der Waals surface area contributed by atoms with Crippen LogP contribution in [0, 0.1) is 12.7 Å². The maximum Gasteiger partial charge on any atom is 0.274 e. The van der Waals surface area contributed by atoms with Gasteiger partial charge in [-0.1, -0.05) is 36.0 Å². The van der Waals surface area contributed by atoms with Crippen LogP contribution < -0.4 is 9.80 Å². The molecule has 0 radical (unpaired) electrons. The van der Waals surface area contributed by atoms with Gasteiger partial charge in [-0.2, -0.15) is 0 Å². The van der Waals surface area contributed by atoms with Crippen LogP contribution in [0.25, 0.3) is 0 Å². The number of aryl methyl sites for hydroxylation is 1. The van der Waals surface area contributed by atoms with E-state index in [1.54, 1.807) is 28.8 Å². The third-order valence-corrected chi connectivity index (χ3v) is 7.55. The lowest BCUT2D eigenvalue weighted by Gasteiger charge is -2.19. The van der Waals surface area contributed by atoms with Crippen molar-refractivity contribution in [3.63, 3.8) is 0 Å². The van der Waals surface area contributed by atoms with Crippen LogP contribution in [0.1, 0.15) is 12.5 Å². The fourth-order valence-corrected chi connectivity index (χ4v) is 6.12. The first-order valence-electron chi connectivity index (χ1n) is 10.3. The third kappa shape index (κ3) is 3.72. The van der Waals surface area contributed by atoms with Gasteiger partial charge in [0.05, 0.1) is 17.1 Å². The number of amides is 1. The summed E-state index contributed by atoms with van der Waals surface area (Å²) in [4.78, 5) is 24.0. The number of nitrogens with zero attached hydrogens (tertiary/aromatic N) is 3. The number of thioether (sulfide) groups is 2. The molecule has 1 amide bonds. The number of aliphatic imine (C=N–C) groups is 1. The molecule has 7 heteroatoms. The Morgan fingerprint density at radius 2 is 1.75 bits per heavy atom. The smallest absolute Gasteiger partial charge is 0.274 e. The fraction of sp³-hybridized carbons (Fsp3) is 0.120. The highest BCUT2D eigenvalue weighted by molar-refractivity contribution is 8.20. The van der Waals surface area contributed by atoms with Gasteiger partial charge in [0.25, 0.3) is 5.91 Å². The first-order chi connectivity index (χ1) is 15.5. The molecule has 2 aliphatic rings. The highest BCUT2D eigenvalue weighted by Gasteiger charge is 2.40. The molecule has 1 saturated heterocycles. The van der Waals surface area contributed by atoms with Crippen LogP contribution in [0.15, 0.2) is 92.6 Å². The first kappa shape index (κ1) is 20.8. The van der Waals surface area contributed by atoms with E-state index in [1.165, 1.54) is 23.9 Å². The van der Waals surface area contributed by atoms with Crippen molar-refractivity contribution in [3.8, 4) is 0 Å². The second-order valence-corrected chi connectivity index (χ2v) is 9.41. The zero-order chi connectivity index (χ0) is 22.2. The van der Waals surface area contributed by atoms with E-state index in [0.29, 0.717) is 15.8 Å². The molecule has 4 nitrogen and oxygen atoms in total. The van der Waals surface area contributed by atoms with Crippen LogP contribution in [0.4, 0.5) is 21.5 Å². The van der Waals surface area contributed by atoms with Gasteiger partial charge in [0, 0.05) is 11.4 Å². The van der Waals surface area contributed by atoms with Crippen LogP contribution in [-0.4, -0.2) is 17.6 Å². The van der Waals surface area contributed by atoms with Gasteiger partial charge in [0.1, 0.15) is 15.8 Å². The quantitative estimate of drug-likeness (QED) is 0.407. The number of carbonyl (C=O) groups is 1. The van der Waals surface area contributed by atoms with Crippen molar-refractivity contribution in [2.75, 3.05) is 16.3 Å². The molecule has 1 fully saturated rings. The molecule has 5 rings (SSSR count). The van der Waals surface area contributed by atoms with Crippen molar-refractivity contribution in [1.29, 1.82) is 0 Å². The predicted octanol–water partition coefficient (Wildman–Crippen LogP) is 6.70. The molecular formula is C25H20FN3OS2. The van der Waals surface area contributed by atoms with Crippen molar-refractivity contribution in [2.45, 2.75) is 18.7 Å². The normalized spacial score (nSPS) is 19.2. The van der Waals surface area contributed by atoms with E-state index in [9.17, 15) is 9.18 Å². The number of fused-ring (bicyclic) bond motifs is 1. The van der Waals surface area contributed by atoms with Crippen LogP contribution in [0.5, 0.6) is 0 Å². The highest BCUT2D eigenvalue weighted by atomic mass is 32.2. The van der Waals surface area contributed by atoms with Crippen molar-refractivity contribution >= 4 is 51.7 Å². The van der Waals surface area contributed by atoms with Crippen molar-refractivity contribution < 1.29 is 9.18 Å². The van der Waals surface area contributed by atoms with E-state index >= 15 is 0 Å². The fourth-order valence-electron chi connectivity index (χ4n) is 3.72. The predicted molar refractivity (Wildman–Crippen MR) is 132 cm³/mol. The van der Waals surface area contributed by atoms with E-state index in [1.807, 2.05) is 43.3 Å². The molecule has 0 aliphatic carbocycles. The number of rotatable bonds is 3. The molecule has 0 unspecified atom stereocenters. The van der Waals surface area contributed by atoms with Crippen LogP contribution in [0.3, 0.4) is 0 Å². The van der Waals surface area contributed by atoms with Crippen LogP contribution in [-0.2, 0) is 4.79 Å². The summed E-state index contributed by atoms with van der Waals surface area (Å²) in [5, 5.41) is 1.47. The van der Waals surface area contributed by atoms with Crippen molar-refractivity contribution in [1.82, 2.24) is 0 Å². The lowest BCUT2D eigenvalue weighted by molar-refractivity contribution is -0.113. The summed E-state index contributed by atoms with van der Waals surface area (Å²) in [6.45, 7) is 4.83. The van der Waals surface area contributed by atoms with E-state index in [4.69, 9.17) is 4.99 Å². The summed E-state index contributed by atoms with van der Waals surface area (Å²) < 4.78 is 13.6. The number of anilines is 2. The number of hydrogen-bond donors (Lipinski definition) is 0. The number of amidine groups is 1. The molecule has 0 spiro atoms. The Balaban J connectivity index is 1.63. The number of para-hydroxylation sites is 1. The average Bonchev–Trinajstić information content (AvgIpc) is 3.31. The Bertz CT molecular complexity index is 1270. The van der Waals surface area contributed by atoms with Crippen LogP contribution >= 0.6 is 23.5 Å². The maximum absolute atomic E-state index is 13.7. The molecule has 0 aromatic heterocycles. The van der Waals surface area contributed by atoms with E-state index in [2.05, 4.69) is 24.0 Å². The van der Waals surface area contributed by atoms with Gasteiger partial charge in [-0.05, 0) is 79.7 Å². The SMILES string of the molecule is CCN1C(=C2SC(=Nc3cccc(C)c3)N(c3ccc(F)cc3)C2=O)Sc2ccccc21. The zero-order valence-electron chi connectivity index (χ0n) is 17.6. The molecular weight excluding hydrogens is 441 g/mol. The molecule has 0 atom stereocenters. The van der Waals surface area contributed by atoms with Gasteiger partial charge in [-0.15, -0.1) is 0 Å². The van der Waals surface area contributed by atoms with Gasteiger partial charge >= 0.3 is 0 Å². The molecule has 3 aromatic rings. The minimum Gasteiger partial charge on any atom is -0.334 e. The van der Waals surface area contributed by atoms with Crippen molar-refractivity contribution in [3.05, 3.63) is 94.1 Å². The third-order valence-electron chi connectivity index (χ3n) is 5.21. The molecule has 0 bridgehead atoms. The van der Waals surface area contributed by atoms with Gasteiger partial charge in [-0.25, -0.2) is 9.38 Å². The monoisotopic (exact) mass is 461 g/mol. The summed E-state index contributed by atoms with van der Waals surface area (Å²) in [6.07, 6.45) is 0. The summed E-state index contributed by atoms with van der Waals surface area (Å²) in [5.74, 6) is -0.496. The molecule has 2 aliphatic heterocycles. The van der Waals surface area contributed by atoms with Gasteiger partial charge in [-0.3, -0.25) is 9.69 Å². The Labute approximate surface area is 194 Å². The van der Waals surface area contributed by atoms with Crippen LogP contribution in [0.2, 0.25) is 0 Å². The molecule has 160 valence electrons. The van der Waals surface area contributed by atoms with E-state index in [-0.39, 0.29) is 11.7 Å². The molecule has 3 aromatic carbocycles. The Kier molecular flexibility index (Phi) is 5.53. The largest absolute Gasteiger partial charge is 0.334 e. The maximum atomic E-state index is 13.7. The zero-order valence-corrected chi connectivity index (χ0v) is 19.2.